The summed E-state index contributed by atoms with van der Waals surface area (Å²) in [6.07, 6.45) is 0. The molecule has 1 heterocycles. The van der Waals surface area contributed by atoms with Crippen LogP contribution in [-0.4, -0.2) is 64.6 Å². The maximum atomic E-state index is 12.3. The highest BCUT2D eigenvalue weighted by Gasteiger charge is 2.24. The number of nitrogens with two attached hydrogens (primary N) is 1. The lowest BCUT2D eigenvalue weighted by atomic mass is 10.1. The largest absolute Gasteiger partial charge is 0.507 e. The average molecular weight is 313 g/mol. The number of carbonyl (C=O) groups excluding carboxylic acids is 1. The molecule has 1 fully saturated rings. The molecule has 4 N–H and O–H groups in total. The van der Waals surface area contributed by atoms with Crippen LogP contribution < -0.4 is 5.73 Å². The molecular weight excluding hydrogens is 296 g/mol. The topological polar surface area (TPSA) is 102 Å². The molecule has 0 aromatic heterocycles. The monoisotopic (exact) mass is 312 g/mol. The zero-order valence-corrected chi connectivity index (χ0v) is 12.1. The van der Waals surface area contributed by atoms with E-state index in [0.29, 0.717) is 37.7 Å². The smallest absolute Gasteiger partial charge is 0.257 e. The molecule has 1 aromatic rings. The van der Waals surface area contributed by atoms with E-state index < -0.39 is 0 Å². The summed E-state index contributed by atoms with van der Waals surface area (Å²) in [6, 6.07) is 4.44. The summed E-state index contributed by atoms with van der Waals surface area (Å²) in [7, 11) is 0. The number of nitrogens with zero attached hydrogens (tertiary/aromatic N) is 3. The number of amides is 1. The molecule has 2 rings (SSSR count). The van der Waals surface area contributed by atoms with E-state index in [2.05, 4.69) is 5.16 Å². The number of rotatable bonds is 3. The van der Waals surface area contributed by atoms with Gasteiger partial charge in [0.15, 0.2) is 5.84 Å². The van der Waals surface area contributed by atoms with Crippen LogP contribution in [0.2, 0.25) is 5.02 Å². The third kappa shape index (κ3) is 3.77. The van der Waals surface area contributed by atoms with Crippen LogP contribution in [0.1, 0.15) is 10.4 Å². The van der Waals surface area contributed by atoms with E-state index in [4.69, 9.17) is 22.5 Å². The Kier molecular flexibility index (Phi) is 4.87. The molecule has 8 heteroatoms. The Hall–Kier alpha value is -1.99. The van der Waals surface area contributed by atoms with Crippen molar-refractivity contribution in [3.05, 3.63) is 28.8 Å². The predicted molar refractivity (Wildman–Crippen MR) is 78.9 cm³/mol. The number of benzene rings is 1. The van der Waals surface area contributed by atoms with Crippen molar-refractivity contribution < 1.29 is 15.1 Å². The van der Waals surface area contributed by atoms with Gasteiger partial charge in [0, 0.05) is 31.2 Å². The molecule has 114 valence electrons. The molecule has 0 atom stereocenters. The first-order valence-corrected chi connectivity index (χ1v) is 6.85. The van der Waals surface area contributed by atoms with Crippen molar-refractivity contribution in [2.24, 2.45) is 10.9 Å². The summed E-state index contributed by atoms with van der Waals surface area (Å²) < 4.78 is 0. The standard InChI is InChI=1S/C13H17ClN4O3/c14-9-1-2-10(11(19)7-9)13(20)18-5-3-17(4-6-18)8-12(15)16-21/h1-2,7,19,21H,3-6,8H2,(H2,15,16). The van der Waals surface area contributed by atoms with Gasteiger partial charge in [0.1, 0.15) is 5.75 Å². The van der Waals surface area contributed by atoms with Gasteiger partial charge in [0.05, 0.1) is 12.1 Å². The van der Waals surface area contributed by atoms with E-state index in [0.717, 1.165) is 0 Å². The van der Waals surface area contributed by atoms with E-state index in [-0.39, 0.29) is 23.1 Å². The molecule has 1 saturated heterocycles. The van der Waals surface area contributed by atoms with Crippen LogP contribution in [0.15, 0.2) is 23.4 Å². The van der Waals surface area contributed by atoms with Gasteiger partial charge in [-0.05, 0) is 18.2 Å². The van der Waals surface area contributed by atoms with Gasteiger partial charge in [-0.25, -0.2) is 0 Å². The Morgan fingerprint density at radius 2 is 2.00 bits per heavy atom. The Balaban J connectivity index is 1.97. The molecule has 0 unspecified atom stereocenters. The van der Waals surface area contributed by atoms with E-state index in [9.17, 15) is 9.90 Å². The highest BCUT2D eigenvalue weighted by atomic mass is 35.5. The number of halogens is 1. The van der Waals surface area contributed by atoms with Gasteiger partial charge in [-0.3, -0.25) is 9.69 Å². The van der Waals surface area contributed by atoms with E-state index in [1.807, 2.05) is 4.90 Å². The van der Waals surface area contributed by atoms with Crippen LogP contribution in [0.25, 0.3) is 0 Å². The van der Waals surface area contributed by atoms with Crippen molar-refractivity contribution in [3.8, 4) is 5.75 Å². The summed E-state index contributed by atoms with van der Waals surface area (Å²) in [5.41, 5.74) is 5.70. The van der Waals surface area contributed by atoms with Crippen molar-refractivity contribution in [1.82, 2.24) is 9.80 Å². The van der Waals surface area contributed by atoms with Crippen LogP contribution in [0, 0.1) is 0 Å². The third-order valence-corrected chi connectivity index (χ3v) is 3.60. The molecule has 0 aliphatic carbocycles. The third-order valence-electron chi connectivity index (χ3n) is 3.36. The maximum absolute atomic E-state index is 12.3. The lowest BCUT2D eigenvalue weighted by molar-refractivity contribution is 0.0650. The number of hydrogen-bond donors (Lipinski definition) is 3. The van der Waals surface area contributed by atoms with Gasteiger partial charge in [-0.15, -0.1) is 0 Å². The van der Waals surface area contributed by atoms with Gasteiger partial charge in [-0.1, -0.05) is 16.8 Å². The molecule has 1 aromatic carbocycles. The highest BCUT2D eigenvalue weighted by molar-refractivity contribution is 6.30. The lowest BCUT2D eigenvalue weighted by Gasteiger charge is -2.34. The fourth-order valence-corrected chi connectivity index (χ4v) is 2.39. The number of aromatic hydroxyl groups is 1. The normalized spacial score (nSPS) is 17.0. The first kappa shape index (κ1) is 15.4. The Labute approximate surface area is 127 Å². The van der Waals surface area contributed by atoms with Crippen molar-refractivity contribution in [2.45, 2.75) is 0 Å². The van der Waals surface area contributed by atoms with Crippen molar-refractivity contribution in [1.29, 1.82) is 0 Å². The highest BCUT2D eigenvalue weighted by Crippen LogP contribution is 2.23. The number of phenolic OH excluding ortho intramolecular Hbond substituents is 1. The average Bonchev–Trinajstić information content (AvgIpc) is 2.47. The van der Waals surface area contributed by atoms with E-state index in [1.54, 1.807) is 11.0 Å². The fourth-order valence-electron chi connectivity index (χ4n) is 2.23. The first-order chi connectivity index (χ1) is 10.0. The van der Waals surface area contributed by atoms with Gasteiger partial charge in [0.25, 0.3) is 5.91 Å². The zero-order chi connectivity index (χ0) is 15.4. The minimum atomic E-state index is -0.229. The Morgan fingerprint density at radius 1 is 1.33 bits per heavy atom. The van der Waals surface area contributed by atoms with Crippen molar-refractivity contribution in [3.63, 3.8) is 0 Å². The quantitative estimate of drug-likeness (QED) is 0.327. The number of carbonyl (C=O) groups is 1. The molecule has 0 saturated carbocycles. The molecule has 21 heavy (non-hydrogen) atoms. The minimum absolute atomic E-state index is 0.119. The SMILES string of the molecule is NC(CN1CCN(C(=O)c2ccc(Cl)cc2O)CC1)=NO. The van der Waals surface area contributed by atoms with E-state index >= 15 is 0 Å². The number of hydrogen-bond acceptors (Lipinski definition) is 5. The minimum Gasteiger partial charge on any atom is -0.507 e. The second kappa shape index (κ2) is 6.64. The van der Waals surface area contributed by atoms with Gasteiger partial charge >= 0.3 is 0 Å². The molecular formula is C13H17ClN4O3. The van der Waals surface area contributed by atoms with Crippen LogP contribution in [0.4, 0.5) is 0 Å². The number of amidine groups is 1. The van der Waals surface area contributed by atoms with Crippen LogP contribution in [0.5, 0.6) is 5.75 Å². The molecule has 1 aliphatic rings. The van der Waals surface area contributed by atoms with Crippen molar-refractivity contribution in [2.75, 3.05) is 32.7 Å². The van der Waals surface area contributed by atoms with Crippen LogP contribution in [-0.2, 0) is 0 Å². The van der Waals surface area contributed by atoms with Crippen molar-refractivity contribution >= 4 is 23.3 Å². The molecule has 0 spiro atoms. The first-order valence-electron chi connectivity index (χ1n) is 6.48. The second-order valence-electron chi connectivity index (χ2n) is 4.82. The fraction of sp³-hybridized carbons (Fsp3) is 0.385. The Morgan fingerprint density at radius 3 is 2.57 bits per heavy atom. The number of oxime groups is 1. The summed E-state index contributed by atoms with van der Waals surface area (Å²) >= 11 is 5.75. The van der Waals surface area contributed by atoms with Gasteiger partial charge in [-0.2, -0.15) is 0 Å². The lowest BCUT2D eigenvalue weighted by Crippen LogP contribution is -2.50. The molecule has 0 bridgehead atoms. The van der Waals surface area contributed by atoms with Crippen LogP contribution in [0.3, 0.4) is 0 Å². The molecule has 1 amide bonds. The number of piperazine rings is 1. The number of phenols is 1. The molecule has 1 aliphatic heterocycles. The van der Waals surface area contributed by atoms with E-state index in [1.165, 1.54) is 12.1 Å². The summed E-state index contributed by atoms with van der Waals surface area (Å²) in [5.74, 6) is -0.204. The molecule has 7 nitrogen and oxygen atoms in total. The predicted octanol–water partition coefficient (Wildman–Crippen LogP) is 0.550. The maximum Gasteiger partial charge on any atom is 0.257 e. The summed E-state index contributed by atoms with van der Waals surface area (Å²) in [6.45, 7) is 2.64. The zero-order valence-electron chi connectivity index (χ0n) is 11.4. The molecule has 0 radical (unpaired) electrons. The Bertz CT molecular complexity index is 556. The summed E-state index contributed by atoms with van der Waals surface area (Å²) in [4.78, 5) is 16.0. The second-order valence-corrected chi connectivity index (χ2v) is 5.26. The summed E-state index contributed by atoms with van der Waals surface area (Å²) in [5, 5.41) is 21.6. The van der Waals surface area contributed by atoms with Gasteiger partial charge in [0.2, 0.25) is 0 Å². The van der Waals surface area contributed by atoms with Gasteiger partial charge < -0.3 is 20.9 Å². The van der Waals surface area contributed by atoms with Crippen LogP contribution >= 0.6 is 11.6 Å².